The quantitative estimate of drug-likeness (QED) is 0.604. The molecule has 11 heavy (non-hydrogen) atoms. The van der Waals surface area contributed by atoms with Crippen LogP contribution in [0.1, 0.15) is 5.76 Å². The van der Waals surface area contributed by atoms with Gasteiger partial charge >= 0.3 is 5.69 Å². The largest absolute Gasteiger partial charge is 0.443 e. The molecule has 2 aromatic heterocycles. The van der Waals surface area contributed by atoms with Gasteiger partial charge in [0.2, 0.25) is 5.71 Å². The molecule has 0 saturated carbocycles. The average molecular weight is 150 g/mol. The monoisotopic (exact) mass is 150 g/mol. The molecule has 4 nitrogen and oxygen atoms in total. The fraction of sp³-hybridized carbons (Fsp3) is 0.143. The molecule has 1 N–H and O–H groups in total. The third-order valence-electron chi connectivity index (χ3n) is 1.42. The number of hydrogen-bond donors (Lipinski definition) is 1. The minimum Gasteiger partial charge on any atom is -0.443 e. The van der Waals surface area contributed by atoms with Crippen LogP contribution in [0.4, 0.5) is 0 Å². The van der Waals surface area contributed by atoms with E-state index in [4.69, 9.17) is 4.42 Å². The van der Waals surface area contributed by atoms with Crippen LogP contribution in [0.2, 0.25) is 0 Å². The molecule has 2 aromatic rings. The molecule has 0 aliphatic heterocycles. The number of nitrogens with zero attached hydrogens (tertiary/aromatic N) is 1. The summed E-state index contributed by atoms with van der Waals surface area (Å²) in [5, 5.41) is 0.821. The first-order chi connectivity index (χ1) is 5.25. The Labute approximate surface area is 61.9 Å². The van der Waals surface area contributed by atoms with Gasteiger partial charge in [0.1, 0.15) is 5.76 Å². The van der Waals surface area contributed by atoms with E-state index >= 15 is 0 Å². The van der Waals surface area contributed by atoms with E-state index in [9.17, 15) is 4.79 Å². The van der Waals surface area contributed by atoms with Crippen LogP contribution in [-0.2, 0) is 0 Å². The second-order valence-corrected chi connectivity index (χ2v) is 2.32. The van der Waals surface area contributed by atoms with E-state index in [0.717, 1.165) is 11.1 Å². The molecule has 0 unspecified atom stereocenters. The van der Waals surface area contributed by atoms with Gasteiger partial charge in [0, 0.05) is 6.20 Å². The molecule has 0 saturated heterocycles. The number of nitrogens with one attached hydrogen (secondary N) is 1. The van der Waals surface area contributed by atoms with Gasteiger partial charge < -0.3 is 9.40 Å². The Bertz CT molecular complexity index is 441. The number of aromatic amines is 1. The number of rotatable bonds is 0. The summed E-state index contributed by atoms with van der Waals surface area (Å²) < 4.78 is 5.12. The van der Waals surface area contributed by atoms with Crippen molar-refractivity contribution in [3.63, 3.8) is 0 Å². The minimum atomic E-state index is -0.383. The van der Waals surface area contributed by atoms with Gasteiger partial charge in [-0.05, 0) is 13.0 Å². The van der Waals surface area contributed by atoms with Crippen molar-refractivity contribution in [2.24, 2.45) is 0 Å². The summed E-state index contributed by atoms with van der Waals surface area (Å²) in [6.07, 6.45) is 1.58. The molecular formula is C7H6N2O2. The maximum atomic E-state index is 10.7. The van der Waals surface area contributed by atoms with E-state index in [0.29, 0.717) is 5.71 Å². The van der Waals surface area contributed by atoms with Crippen LogP contribution in [0.5, 0.6) is 0 Å². The topological polar surface area (TPSA) is 58.9 Å². The summed E-state index contributed by atoms with van der Waals surface area (Å²) in [4.78, 5) is 16.7. The molecular weight excluding hydrogens is 144 g/mol. The highest BCUT2D eigenvalue weighted by Gasteiger charge is 2.00. The lowest BCUT2D eigenvalue weighted by Gasteiger charge is -1.81. The van der Waals surface area contributed by atoms with Crippen molar-refractivity contribution in [1.29, 1.82) is 0 Å². The normalized spacial score (nSPS) is 10.6. The summed E-state index contributed by atoms with van der Waals surface area (Å²) >= 11 is 0. The van der Waals surface area contributed by atoms with Crippen LogP contribution in [0, 0.1) is 6.92 Å². The zero-order valence-electron chi connectivity index (χ0n) is 5.92. The molecule has 2 heterocycles. The second kappa shape index (κ2) is 1.95. The van der Waals surface area contributed by atoms with E-state index in [-0.39, 0.29) is 5.69 Å². The van der Waals surface area contributed by atoms with Gasteiger partial charge in [-0.1, -0.05) is 0 Å². The van der Waals surface area contributed by atoms with Crippen molar-refractivity contribution in [2.75, 3.05) is 0 Å². The molecule has 0 spiro atoms. The van der Waals surface area contributed by atoms with Gasteiger partial charge in [0.15, 0.2) is 0 Å². The fourth-order valence-corrected chi connectivity index (χ4v) is 0.976. The second-order valence-electron chi connectivity index (χ2n) is 2.32. The van der Waals surface area contributed by atoms with Gasteiger partial charge in [-0.3, -0.25) is 0 Å². The number of aryl methyl sites for hydroxylation is 1. The lowest BCUT2D eigenvalue weighted by atomic mass is 10.4. The number of hydrogen-bond acceptors (Lipinski definition) is 3. The highest BCUT2D eigenvalue weighted by molar-refractivity contribution is 5.72. The Morgan fingerprint density at radius 3 is 3.27 bits per heavy atom. The molecule has 0 fully saturated rings. The van der Waals surface area contributed by atoms with Crippen molar-refractivity contribution >= 4 is 11.1 Å². The number of H-pyrrole nitrogens is 1. The van der Waals surface area contributed by atoms with Crippen LogP contribution in [0.15, 0.2) is 21.5 Å². The van der Waals surface area contributed by atoms with Crippen LogP contribution in [-0.4, -0.2) is 9.97 Å². The first-order valence-corrected chi connectivity index (χ1v) is 3.21. The Hall–Kier alpha value is -1.58. The van der Waals surface area contributed by atoms with Gasteiger partial charge in [-0.25, -0.2) is 4.79 Å². The summed E-state index contributed by atoms with van der Waals surface area (Å²) in [7, 11) is 0. The highest BCUT2D eigenvalue weighted by atomic mass is 16.3. The van der Waals surface area contributed by atoms with Crippen molar-refractivity contribution < 1.29 is 4.42 Å². The highest BCUT2D eigenvalue weighted by Crippen LogP contribution is 2.12. The van der Waals surface area contributed by atoms with Gasteiger partial charge in [0.05, 0.1) is 5.39 Å². The molecule has 4 heteroatoms. The molecule has 0 aliphatic rings. The van der Waals surface area contributed by atoms with E-state index in [1.165, 1.54) is 0 Å². The molecule has 0 amide bonds. The summed E-state index contributed by atoms with van der Waals surface area (Å²) in [5.41, 5.74) is 0.0121. The predicted octanol–water partition coefficient (Wildman–Crippen LogP) is 0.825. The van der Waals surface area contributed by atoms with Crippen molar-refractivity contribution in [1.82, 2.24) is 9.97 Å². The van der Waals surface area contributed by atoms with Crippen molar-refractivity contribution in [3.8, 4) is 0 Å². The zero-order valence-corrected chi connectivity index (χ0v) is 5.92. The number of aromatic nitrogens is 2. The van der Waals surface area contributed by atoms with Crippen LogP contribution in [0.25, 0.3) is 11.1 Å². The number of fused-ring (bicyclic) bond motifs is 1. The zero-order chi connectivity index (χ0) is 7.84. The first kappa shape index (κ1) is 6.15. The van der Waals surface area contributed by atoms with E-state index in [2.05, 4.69) is 9.97 Å². The van der Waals surface area contributed by atoms with Gasteiger partial charge in [-0.15, -0.1) is 0 Å². The molecule has 0 atom stereocenters. The lowest BCUT2D eigenvalue weighted by Crippen LogP contribution is -2.07. The van der Waals surface area contributed by atoms with Crippen LogP contribution < -0.4 is 5.69 Å². The van der Waals surface area contributed by atoms with E-state index in [1.54, 1.807) is 6.20 Å². The molecule has 0 radical (unpaired) electrons. The summed E-state index contributed by atoms with van der Waals surface area (Å²) in [6.45, 7) is 1.81. The van der Waals surface area contributed by atoms with Crippen molar-refractivity contribution in [2.45, 2.75) is 6.92 Å². The molecule has 0 bridgehead atoms. The maximum absolute atomic E-state index is 10.7. The van der Waals surface area contributed by atoms with E-state index < -0.39 is 0 Å². The van der Waals surface area contributed by atoms with Crippen LogP contribution >= 0.6 is 0 Å². The summed E-state index contributed by atoms with van der Waals surface area (Å²) in [5.74, 6) is 0.756. The molecule has 0 aromatic carbocycles. The minimum absolute atomic E-state index is 0.383. The van der Waals surface area contributed by atoms with Crippen LogP contribution in [0.3, 0.4) is 0 Å². The van der Waals surface area contributed by atoms with Gasteiger partial charge in [-0.2, -0.15) is 4.98 Å². The number of furan rings is 1. The predicted molar refractivity (Wildman–Crippen MR) is 39.4 cm³/mol. The average Bonchev–Trinajstić information content (AvgIpc) is 2.27. The summed E-state index contributed by atoms with van der Waals surface area (Å²) in [6, 6.07) is 1.82. The Kier molecular flexibility index (Phi) is 1.09. The fourth-order valence-electron chi connectivity index (χ4n) is 0.976. The SMILES string of the molecule is Cc1cc2c[nH]c(=O)nc2o1. The lowest BCUT2D eigenvalue weighted by molar-refractivity contribution is 0.565. The Morgan fingerprint density at radius 1 is 1.64 bits per heavy atom. The molecule has 2 rings (SSSR count). The van der Waals surface area contributed by atoms with E-state index in [1.807, 2.05) is 13.0 Å². The molecule has 0 aliphatic carbocycles. The third kappa shape index (κ3) is 0.920. The standard InChI is InChI=1S/C7H6N2O2/c1-4-2-5-3-8-7(10)9-6(5)11-4/h2-3H,1H3,(H,8,9,10). The molecule has 56 valence electrons. The van der Waals surface area contributed by atoms with Crippen molar-refractivity contribution in [3.05, 3.63) is 28.5 Å². The first-order valence-electron chi connectivity index (χ1n) is 3.21. The smallest absolute Gasteiger partial charge is 0.348 e. The van der Waals surface area contributed by atoms with Gasteiger partial charge in [0.25, 0.3) is 0 Å². The Morgan fingerprint density at radius 2 is 2.45 bits per heavy atom. The Balaban J connectivity index is 2.92. The third-order valence-corrected chi connectivity index (χ3v) is 1.42. The maximum Gasteiger partial charge on any atom is 0.348 e.